The highest BCUT2D eigenvalue weighted by Gasteiger charge is 2.14. The summed E-state index contributed by atoms with van der Waals surface area (Å²) >= 11 is 11.9. The van der Waals surface area contributed by atoms with Crippen LogP contribution in [0.5, 0.6) is 5.75 Å². The molecule has 2 aromatic carbocycles. The maximum absolute atomic E-state index is 11.8. The standard InChI is InChI=1S/C18H17Cl2NO3/c1-11(22)21-16(13-3-2-4-17(23)18(24)10-13)8-6-12-5-7-14(19)15(20)9-12/h2-5,7,9-10,16H,6,8H2,1H3,(H,21,22)(H,23,24)/t16-/m0/s1. The molecular weight excluding hydrogens is 349 g/mol. The number of amides is 1. The Bertz CT molecular complexity index is 808. The quantitative estimate of drug-likeness (QED) is 0.844. The average Bonchev–Trinajstić information content (AvgIpc) is 2.68. The van der Waals surface area contributed by atoms with E-state index in [1.54, 1.807) is 24.3 Å². The maximum atomic E-state index is 11.8. The monoisotopic (exact) mass is 365 g/mol. The molecule has 2 rings (SSSR count). The Morgan fingerprint density at radius 2 is 1.92 bits per heavy atom. The molecule has 0 radical (unpaired) electrons. The van der Waals surface area contributed by atoms with Gasteiger partial charge in [-0.05, 0) is 48.2 Å². The number of hydrogen-bond donors (Lipinski definition) is 2. The first-order valence-electron chi connectivity index (χ1n) is 7.41. The Kier molecular flexibility index (Phi) is 6.23. The summed E-state index contributed by atoms with van der Waals surface area (Å²) in [5.74, 6) is -0.523. The van der Waals surface area contributed by atoms with E-state index in [0.29, 0.717) is 28.5 Å². The van der Waals surface area contributed by atoms with Crippen molar-refractivity contribution in [2.45, 2.75) is 25.8 Å². The van der Waals surface area contributed by atoms with Crippen LogP contribution in [0.4, 0.5) is 0 Å². The summed E-state index contributed by atoms with van der Waals surface area (Å²) in [6, 6.07) is 11.0. The molecule has 0 bridgehead atoms. The largest absolute Gasteiger partial charge is 0.504 e. The highest BCUT2D eigenvalue weighted by molar-refractivity contribution is 6.42. The SMILES string of the molecule is CC(=O)N[C@@H](CCc1ccc(Cl)c(Cl)c1)c1cccc(O)c(=O)c1. The van der Waals surface area contributed by atoms with Crippen LogP contribution in [-0.4, -0.2) is 11.0 Å². The van der Waals surface area contributed by atoms with Gasteiger partial charge < -0.3 is 10.4 Å². The molecule has 0 aliphatic carbocycles. The molecule has 4 nitrogen and oxygen atoms in total. The van der Waals surface area contributed by atoms with Crippen molar-refractivity contribution in [3.63, 3.8) is 0 Å². The third kappa shape index (κ3) is 4.98. The lowest BCUT2D eigenvalue weighted by Crippen LogP contribution is -2.26. The van der Waals surface area contributed by atoms with E-state index in [1.165, 1.54) is 19.1 Å². The molecular formula is C18H17Cl2NO3. The van der Waals surface area contributed by atoms with Gasteiger partial charge in [0, 0.05) is 6.92 Å². The Balaban J connectivity index is 2.24. The lowest BCUT2D eigenvalue weighted by atomic mass is 10.00. The molecule has 0 unspecified atom stereocenters. The van der Waals surface area contributed by atoms with Crippen molar-refractivity contribution in [2.75, 3.05) is 0 Å². The molecule has 0 spiro atoms. The fourth-order valence-corrected chi connectivity index (χ4v) is 2.72. The predicted molar refractivity (Wildman–Crippen MR) is 95.7 cm³/mol. The summed E-state index contributed by atoms with van der Waals surface area (Å²) in [5.41, 5.74) is 1.13. The van der Waals surface area contributed by atoms with Crippen LogP contribution in [0.15, 0.2) is 47.3 Å². The second kappa shape index (κ2) is 8.18. The Morgan fingerprint density at radius 1 is 1.17 bits per heavy atom. The van der Waals surface area contributed by atoms with Crippen molar-refractivity contribution in [3.05, 3.63) is 73.9 Å². The molecule has 0 aliphatic rings. The number of benzene rings is 1. The van der Waals surface area contributed by atoms with Gasteiger partial charge in [-0.3, -0.25) is 9.59 Å². The van der Waals surface area contributed by atoms with Gasteiger partial charge in [0.05, 0.1) is 16.1 Å². The lowest BCUT2D eigenvalue weighted by molar-refractivity contribution is -0.119. The molecule has 0 aliphatic heterocycles. The highest BCUT2D eigenvalue weighted by atomic mass is 35.5. The van der Waals surface area contributed by atoms with E-state index in [0.717, 1.165) is 5.56 Å². The average molecular weight is 366 g/mol. The van der Waals surface area contributed by atoms with Crippen molar-refractivity contribution in [1.82, 2.24) is 5.32 Å². The molecule has 6 heteroatoms. The van der Waals surface area contributed by atoms with Gasteiger partial charge in [0.2, 0.25) is 11.3 Å². The zero-order valence-corrected chi connectivity index (χ0v) is 14.6. The van der Waals surface area contributed by atoms with Crippen molar-refractivity contribution in [3.8, 4) is 5.75 Å². The number of aryl methyl sites for hydroxylation is 1. The van der Waals surface area contributed by atoms with E-state index < -0.39 is 5.43 Å². The molecule has 126 valence electrons. The van der Waals surface area contributed by atoms with Gasteiger partial charge in [0.1, 0.15) is 0 Å². The van der Waals surface area contributed by atoms with Crippen LogP contribution in [-0.2, 0) is 11.2 Å². The van der Waals surface area contributed by atoms with Crippen LogP contribution in [0.25, 0.3) is 0 Å². The van der Waals surface area contributed by atoms with Gasteiger partial charge >= 0.3 is 0 Å². The highest BCUT2D eigenvalue weighted by Crippen LogP contribution is 2.25. The first-order valence-corrected chi connectivity index (χ1v) is 8.16. The third-order valence-corrected chi connectivity index (χ3v) is 4.32. The van der Waals surface area contributed by atoms with Crippen molar-refractivity contribution in [1.29, 1.82) is 0 Å². The van der Waals surface area contributed by atoms with Gasteiger partial charge in [-0.15, -0.1) is 0 Å². The third-order valence-electron chi connectivity index (χ3n) is 3.58. The van der Waals surface area contributed by atoms with Crippen LogP contribution < -0.4 is 10.7 Å². The fraction of sp³-hybridized carbons (Fsp3) is 0.222. The van der Waals surface area contributed by atoms with Crippen LogP contribution in [0.1, 0.15) is 30.5 Å². The molecule has 1 amide bonds. The van der Waals surface area contributed by atoms with Gasteiger partial charge in [0.15, 0.2) is 5.75 Å². The first kappa shape index (κ1) is 18.3. The summed E-state index contributed by atoms with van der Waals surface area (Å²) in [6.45, 7) is 1.42. The smallest absolute Gasteiger partial charge is 0.220 e. The Hall–Kier alpha value is -2.04. The molecule has 0 fully saturated rings. The summed E-state index contributed by atoms with van der Waals surface area (Å²) in [7, 11) is 0. The van der Waals surface area contributed by atoms with Gasteiger partial charge in [-0.25, -0.2) is 0 Å². The minimum absolute atomic E-state index is 0.197. The maximum Gasteiger partial charge on any atom is 0.220 e. The number of hydrogen-bond acceptors (Lipinski definition) is 3. The van der Waals surface area contributed by atoms with Crippen LogP contribution in [0.3, 0.4) is 0 Å². The second-order valence-electron chi connectivity index (χ2n) is 5.46. The van der Waals surface area contributed by atoms with Crippen LogP contribution in [0, 0.1) is 0 Å². The minimum atomic E-state index is -0.486. The first-order chi connectivity index (χ1) is 11.4. The minimum Gasteiger partial charge on any atom is -0.504 e. The fourth-order valence-electron chi connectivity index (χ4n) is 2.40. The number of nitrogens with one attached hydrogen (secondary N) is 1. The van der Waals surface area contributed by atoms with E-state index >= 15 is 0 Å². The van der Waals surface area contributed by atoms with E-state index in [1.807, 2.05) is 6.07 Å². The normalized spacial score (nSPS) is 11.8. The lowest BCUT2D eigenvalue weighted by Gasteiger charge is -2.17. The summed E-state index contributed by atoms with van der Waals surface area (Å²) in [6.07, 6.45) is 1.21. The van der Waals surface area contributed by atoms with Crippen molar-refractivity contribution in [2.24, 2.45) is 0 Å². The topological polar surface area (TPSA) is 66.4 Å². The summed E-state index contributed by atoms with van der Waals surface area (Å²) in [4.78, 5) is 23.3. The number of rotatable bonds is 5. The molecule has 0 saturated carbocycles. The zero-order chi connectivity index (χ0) is 17.7. The van der Waals surface area contributed by atoms with Crippen molar-refractivity contribution >= 4 is 29.1 Å². The van der Waals surface area contributed by atoms with E-state index in [9.17, 15) is 14.7 Å². The molecule has 1 atom stereocenters. The van der Waals surface area contributed by atoms with E-state index in [4.69, 9.17) is 23.2 Å². The molecule has 2 N–H and O–H groups in total. The van der Waals surface area contributed by atoms with E-state index in [-0.39, 0.29) is 17.7 Å². The van der Waals surface area contributed by atoms with Crippen LogP contribution >= 0.6 is 23.2 Å². The molecule has 24 heavy (non-hydrogen) atoms. The van der Waals surface area contributed by atoms with Gasteiger partial charge in [0.25, 0.3) is 0 Å². The summed E-state index contributed by atoms with van der Waals surface area (Å²) < 4.78 is 0. The summed E-state index contributed by atoms with van der Waals surface area (Å²) in [5, 5.41) is 13.3. The van der Waals surface area contributed by atoms with Crippen LogP contribution in [0.2, 0.25) is 10.0 Å². The molecule has 0 saturated heterocycles. The molecule has 0 heterocycles. The molecule has 2 aromatic rings. The second-order valence-corrected chi connectivity index (χ2v) is 6.27. The number of carbonyl (C=O) groups excluding carboxylic acids is 1. The number of aromatic hydroxyl groups is 1. The van der Waals surface area contributed by atoms with E-state index in [2.05, 4.69) is 5.32 Å². The number of halogens is 2. The predicted octanol–water partition coefficient (Wildman–Crippen LogP) is 3.87. The molecule has 0 aromatic heterocycles. The van der Waals surface area contributed by atoms with Crippen molar-refractivity contribution < 1.29 is 9.90 Å². The Labute approximate surface area is 150 Å². The van der Waals surface area contributed by atoms with Gasteiger partial charge in [-0.2, -0.15) is 0 Å². The zero-order valence-electron chi connectivity index (χ0n) is 13.1. The number of carbonyl (C=O) groups is 1. The Morgan fingerprint density at radius 3 is 2.58 bits per heavy atom. The van der Waals surface area contributed by atoms with Gasteiger partial charge in [-0.1, -0.05) is 41.4 Å².